The van der Waals surface area contributed by atoms with Crippen molar-refractivity contribution in [3.05, 3.63) is 0 Å². The number of hydrogen-bond donors (Lipinski definition) is 1. The number of hydrogen-bond acceptors (Lipinski definition) is 6. The third-order valence-electron chi connectivity index (χ3n) is 1.62. The van der Waals surface area contributed by atoms with E-state index < -0.39 is 0 Å². The summed E-state index contributed by atoms with van der Waals surface area (Å²) >= 11 is 1.63. The van der Waals surface area contributed by atoms with Crippen molar-refractivity contribution in [2.45, 2.75) is 30.7 Å². The van der Waals surface area contributed by atoms with Crippen LogP contribution in [-0.4, -0.2) is 40.8 Å². The molecule has 0 aliphatic heterocycles. The van der Waals surface area contributed by atoms with Crippen LogP contribution in [0.2, 0.25) is 0 Å². The van der Waals surface area contributed by atoms with Gasteiger partial charge in [0, 0.05) is 25.9 Å². The van der Waals surface area contributed by atoms with Crippen molar-refractivity contribution in [2.24, 2.45) is 0 Å². The maximum Gasteiger partial charge on any atom is 0.230 e. The minimum absolute atomic E-state index is 0.0932. The molecular weight excluding hydrogens is 222 g/mol. The first-order valence-electron chi connectivity index (χ1n) is 5.12. The smallest absolute Gasteiger partial charge is 0.230 e. The van der Waals surface area contributed by atoms with Gasteiger partial charge >= 0.3 is 0 Å². The summed E-state index contributed by atoms with van der Waals surface area (Å²) in [6.45, 7) is 6.40. The summed E-state index contributed by atoms with van der Waals surface area (Å²) in [7, 11) is 5.64. The molecule has 90 valence electrons. The van der Waals surface area contributed by atoms with Crippen LogP contribution in [0.4, 0.5) is 11.9 Å². The zero-order valence-corrected chi connectivity index (χ0v) is 11.5. The fourth-order valence-electron chi connectivity index (χ4n) is 0.977. The molecule has 0 amide bonds. The van der Waals surface area contributed by atoms with Crippen LogP contribution in [0.25, 0.3) is 0 Å². The molecule has 0 aliphatic carbocycles. The van der Waals surface area contributed by atoms with Gasteiger partial charge in [0.2, 0.25) is 11.9 Å². The van der Waals surface area contributed by atoms with Crippen LogP contribution < -0.4 is 10.2 Å². The molecule has 0 bridgehead atoms. The van der Waals surface area contributed by atoms with E-state index in [0.717, 1.165) is 5.16 Å². The third kappa shape index (κ3) is 3.84. The van der Waals surface area contributed by atoms with Gasteiger partial charge < -0.3 is 10.2 Å². The molecule has 6 heteroatoms. The largest absolute Gasteiger partial charge is 0.357 e. The molecule has 0 atom stereocenters. The third-order valence-corrected chi connectivity index (χ3v) is 2.60. The molecule has 1 heterocycles. The fraction of sp³-hybridized carbons (Fsp3) is 0.700. The van der Waals surface area contributed by atoms with Gasteiger partial charge in [-0.2, -0.15) is 15.0 Å². The van der Waals surface area contributed by atoms with Crippen molar-refractivity contribution in [1.29, 1.82) is 0 Å². The second kappa shape index (κ2) is 4.86. The lowest BCUT2D eigenvalue weighted by Crippen LogP contribution is -2.16. The molecule has 0 unspecified atom stereocenters. The average Bonchev–Trinajstić information content (AvgIpc) is 2.14. The number of thioether (sulfide) groups is 1. The van der Waals surface area contributed by atoms with Gasteiger partial charge in [0.1, 0.15) is 0 Å². The summed E-state index contributed by atoms with van der Waals surface area (Å²) in [5, 5.41) is 3.69. The first-order chi connectivity index (χ1) is 7.31. The highest BCUT2D eigenvalue weighted by Crippen LogP contribution is 2.30. The highest BCUT2D eigenvalue weighted by atomic mass is 32.2. The van der Waals surface area contributed by atoms with E-state index in [-0.39, 0.29) is 4.75 Å². The van der Waals surface area contributed by atoms with Crippen molar-refractivity contribution >= 4 is 23.7 Å². The Hall–Kier alpha value is -1.04. The summed E-state index contributed by atoms with van der Waals surface area (Å²) in [6, 6.07) is 0. The Morgan fingerprint density at radius 1 is 1.12 bits per heavy atom. The van der Waals surface area contributed by atoms with Gasteiger partial charge in [-0.3, -0.25) is 0 Å². The Morgan fingerprint density at radius 3 is 2.19 bits per heavy atom. The molecule has 0 saturated carbocycles. The van der Waals surface area contributed by atoms with E-state index in [0.29, 0.717) is 11.9 Å². The Kier molecular flexibility index (Phi) is 3.96. The van der Waals surface area contributed by atoms with Gasteiger partial charge in [-0.1, -0.05) is 32.5 Å². The zero-order chi connectivity index (χ0) is 12.3. The zero-order valence-electron chi connectivity index (χ0n) is 10.7. The summed E-state index contributed by atoms with van der Waals surface area (Å²) in [6.07, 6.45) is 0. The quantitative estimate of drug-likeness (QED) is 0.815. The van der Waals surface area contributed by atoms with Crippen LogP contribution >= 0.6 is 11.8 Å². The Bertz CT molecular complexity index is 359. The molecule has 0 fully saturated rings. The molecule has 0 radical (unpaired) electrons. The highest BCUT2D eigenvalue weighted by Gasteiger charge is 2.16. The monoisotopic (exact) mass is 241 g/mol. The van der Waals surface area contributed by atoms with Gasteiger partial charge in [0.15, 0.2) is 5.16 Å². The van der Waals surface area contributed by atoms with Gasteiger partial charge in [-0.05, 0) is 0 Å². The van der Waals surface area contributed by atoms with Crippen molar-refractivity contribution in [3.8, 4) is 0 Å². The maximum absolute atomic E-state index is 4.39. The number of aromatic nitrogens is 3. The van der Waals surface area contributed by atoms with E-state index in [9.17, 15) is 0 Å². The molecule has 1 aromatic heterocycles. The summed E-state index contributed by atoms with van der Waals surface area (Å²) in [5.41, 5.74) is 0. The Morgan fingerprint density at radius 2 is 1.75 bits per heavy atom. The number of rotatable bonds is 3. The van der Waals surface area contributed by atoms with E-state index in [1.807, 2.05) is 19.0 Å². The molecule has 0 aromatic carbocycles. The second-order valence-electron chi connectivity index (χ2n) is 4.60. The maximum atomic E-state index is 4.39. The number of anilines is 2. The van der Waals surface area contributed by atoms with Crippen LogP contribution in [0.5, 0.6) is 0 Å². The van der Waals surface area contributed by atoms with Crippen LogP contribution in [-0.2, 0) is 0 Å². The van der Waals surface area contributed by atoms with Crippen LogP contribution in [0.1, 0.15) is 20.8 Å². The molecular formula is C10H19N5S. The predicted molar refractivity (Wildman–Crippen MR) is 69.3 cm³/mol. The SMILES string of the molecule is CNc1nc(SC(C)(C)C)nc(N(C)C)n1. The van der Waals surface area contributed by atoms with Crippen molar-refractivity contribution < 1.29 is 0 Å². The van der Waals surface area contributed by atoms with Gasteiger partial charge in [-0.15, -0.1) is 0 Å². The normalized spacial score (nSPS) is 11.4. The Balaban J connectivity index is 3.04. The molecule has 16 heavy (non-hydrogen) atoms. The van der Waals surface area contributed by atoms with Crippen LogP contribution in [0.15, 0.2) is 5.16 Å². The summed E-state index contributed by atoms with van der Waals surface area (Å²) in [4.78, 5) is 14.8. The molecule has 1 rings (SSSR count). The van der Waals surface area contributed by atoms with Crippen molar-refractivity contribution in [3.63, 3.8) is 0 Å². The van der Waals surface area contributed by atoms with Crippen LogP contribution in [0.3, 0.4) is 0 Å². The fourth-order valence-corrected chi connectivity index (χ4v) is 1.78. The first kappa shape index (κ1) is 13.0. The molecule has 0 aliphatic rings. The van der Waals surface area contributed by atoms with E-state index in [2.05, 4.69) is 41.0 Å². The first-order valence-corrected chi connectivity index (χ1v) is 5.93. The summed E-state index contributed by atoms with van der Waals surface area (Å²) < 4.78 is 0.0932. The molecule has 0 spiro atoms. The number of nitrogens with one attached hydrogen (secondary N) is 1. The molecule has 1 aromatic rings. The lowest BCUT2D eigenvalue weighted by atomic mass is 10.3. The minimum Gasteiger partial charge on any atom is -0.357 e. The average molecular weight is 241 g/mol. The second-order valence-corrected chi connectivity index (χ2v) is 6.39. The predicted octanol–water partition coefficient (Wildman–Crippen LogP) is 1.87. The van der Waals surface area contributed by atoms with Gasteiger partial charge in [-0.25, -0.2) is 0 Å². The van der Waals surface area contributed by atoms with Crippen LogP contribution in [0, 0.1) is 0 Å². The highest BCUT2D eigenvalue weighted by molar-refractivity contribution is 8.00. The summed E-state index contributed by atoms with van der Waals surface area (Å²) in [5.74, 6) is 1.27. The van der Waals surface area contributed by atoms with E-state index in [4.69, 9.17) is 0 Å². The van der Waals surface area contributed by atoms with Gasteiger partial charge in [0.05, 0.1) is 0 Å². The van der Waals surface area contributed by atoms with Gasteiger partial charge in [0.25, 0.3) is 0 Å². The molecule has 5 nitrogen and oxygen atoms in total. The minimum atomic E-state index is 0.0932. The molecule has 0 saturated heterocycles. The van der Waals surface area contributed by atoms with Crippen molar-refractivity contribution in [1.82, 2.24) is 15.0 Å². The lowest BCUT2D eigenvalue weighted by molar-refractivity contribution is 0.785. The lowest BCUT2D eigenvalue weighted by Gasteiger charge is -2.18. The van der Waals surface area contributed by atoms with E-state index >= 15 is 0 Å². The number of nitrogens with zero attached hydrogens (tertiary/aromatic N) is 4. The topological polar surface area (TPSA) is 53.9 Å². The van der Waals surface area contributed by atoms with E-state index in [1.165, 1.54) is 0 Å². The Labute approximate surface area is 101 Å². The standard InChI is InChI=1S/C10H19N5S/c1-10(2,3)16-9-13-7(11-4)12-8(14-9)15(5)6/h1-6H3,(H,11,12,13,14). The van der Waals surface area contributed by atoms with Crippen molar-refractivity contribution in [2.75, 3.05) is 31.4 Å². The molecule has 1 N–H and O–H groups in total. The van der Waals surface area contributed by atoms with E-state index in [1.54, 1.807) is 18.8 Å².